The van der Waals surface area contributed by atoms with Crippen molar-refractivity contribution in [3.8, 4) is 0 Å². The first kappa shape index (κ1) is 21.1. The van der Waals surface area contributed by atoms with Gasteiger partial charge >= 0.3 is 0 Å². The number of nitrogens with zero attached hydrogens (tertiary/aromatic N) is 2. The summed E-state index contributed by atoms with van der Waals surface area (Å²) in [5.41, 5.74) is 0.814. The molecule has 0 bridgehead atoms. The lowest BCUT2D eigenvalue weighted by Crippen LogP contribution is -2.43. The van der Waals surface area contributed by atoms with Crippen molar-refractivity contribution in [2.45, 2.75) is 19.9 Å². The number of nitrogens with one attached hydrogen (secondary N) is 1. The minimum Gasteiger partial charge on any atom is -0.343 e. The van der Waals surface area contributed by atoms with E-state index in [1.807, 2.05) is 31.4 Å². The Balaban J connectivity index is 2.01. The second kappa shape index (κ2) is 10.2. The molecule has 0 saturated heterocycles. The minimum atomic E-state index is -0.343. The Morgan fingerprint density at radius 1 is 1.11 bits per heavy atom. The van der Waals surface area contributed by atoms with Crippen molar-refractivity contribution in [2.24, 2.45) is 0 Å². The summed E-state index contributed by atoms with van der Waals surface area (Å²) in [4.78, 5) is 29.1. The van der Waals surface area contributed by atoms with Crippen LogP contribution in [0.15, 0.2) is 41.8 Å². The van der Waals surface area contributed by atoms with Gasteiger partial charge in [0, 0.05) is 18.0 Å². The zero-order chi connectivity index (χ0) is 19.8. The summed E-state index contributed by atoms with van der Waals surface area (Å²) in [6, 6.07) is 9.63. The van der Waals surface area contributed by atoms with E-state index in [1.54, 1.807) is 29.0 Å². The molecule has 0 radical (unpaired) electrons. The monoisotopic (exact) mass is 391 g/mol. The molecule has 0 fully saturated rings. The van der Waals surface area contributed by atoms with Gasteiger partial charge in [0.25, 0.3) is 0 Å². The Bertz CT molecular complexity index is 730. The van der Waals surface area contributed by atoms with Gasteiger partial charge in [-0.25, -0.2) is 4.39 Å². The molecule has 2 amide bonds. The van der Waals surface area contributed by atoms with E-state index in [0.717, 1.165) is 10.4 Å². The molecule has 27 heavy (non-hydrogen) atoms. The quantitative estimate of drug-likeness (QED) is 0.715. The van der Waals surface area contributed by atoms with E-state index in [2.05, 4.69) is 5.32 Å². The Morgan fingerprint density at radius 2 is 1.78 bits per heavy atom. The van der Waals surface area contributed by atoms with Crippen molar-refractivity contribution < 1.29 is 14.0 Å². The summed E-state index contributed by atoms with van der Waals surface area (Å²) < 4.78 is 13.2. The fraction of sp³-hybridized carbons (Fsp3) is 0.400. The third kappa shape index (κ3) is 6.15. The lowest BCUT2D eigenvalue weighted by molar-refractivity contribution is -0.132. The zero-order valence-corrected chi connectivity index (χ0v) is 16.8. The summed E-state index contributed by atoms with van der Waals surface area (Å²) in [5.74, 6) is -0.499. The second-order valence-corrected chi connectivity index (χ2v) is 7.29. The zero-order valence-electron chi connectivity index (χ0n) is 15.9. The number of hydrogen-bond donors (Lipinski definition) is 1. The van der Waals surface area contributed by atoms with E-state index in [9.17, 15) is 14.0 Å². The van der Waals surface area contributed by atoms with Gasteiger partial charge in [0.05, 0.1) is 19.1 Å². The highest BCUT2D eigenvalue weighted by molar-refractivity contribution is 7.10. The van der Waals surface area contributed by atoms with Gasteiger partial charge < -0.3 is 10.2 Å². The van der Waals surface area contributed by atoms with Gasteiger partial charge in [-0.15, -0.1) is 11.3 Å². The van der Waals surface area contributed by atoms with Gasteiger partial charge in [-0.1, -0.05) is 18.2 Å². The molecule has 0 aliphatic rings. The first-order valence-corrected chi connectivity index (χ1v) is 9.87. The van der Waals surface area contributed by atoms with Crippen LogP contribution >= 0.6 is 11.3 Å². The normalized spacial score (nSPS) is 12.0. The molecule has 7 heteroatoms. The van der Waals surface area contributed by atoms with Crippen molar-refractivity contribution in [2.75, 3.05) is 33.2 Å². The Hall–Kier alpha value is -2.25. The fourth-order valence-electron chi connectivity index (χ4n) is 2.84. The number of halogens is 1. The molecular formula is C20H26FN3O2S. The average Bonchev–Trinajstić information content (AvgIpc) is 3.15. The van der Waals surface area contributed by atoms with E-state index in [0.29, 0.717) is 13.1 Å². The molecule has 1 atom stereocenters. The highest BCUT2D eigenvalue weighted by Gasteiger charge is 2.20. The van der Waals surface area contributed by atoms with Crippen molar-refractivity contribution in [1.82, 2.24) is 15.1 Å². The predicted molar refractivity (Wildman–Crippen MR) is 106 cm³/mol. The van der Waals surface area contributed by atoms with Crippen LogP contribution in [0.25, 0.3) is 0 Å². The molecule has 0 aliphatic carbocycles. The second-order valence-electron chi connectivity index (χ2n) is 6.31. The number of hydrogen-bond acceptors (Lipinski definition) is 4. The van der Waals surface area contributed by atoms with Crippen LogP contribution in [0.3, 0.4) is 0 Å². The Morgan fingerprint density at radius 3 is 2.33 bits per heavy atom. The van der Waals surface area contributed by atoms with Gasteiger partial charge in [0.1, 0.15) is 5.82 Å². The lowest BCUT2D eigenvalue weighted by atomic mass is 10.1. The molecule has 1 aromatic carbocycles. The average molecular weight is 392 g/mol. The van der Waals surface area contributed by atoms with E-state index < -0.39 is 0 Å². The molecule has 0 unspecified atom stereocenters. The summed E-state index contributed by atoms with van der Waals surface area (Å²) in [5, 5.41) is 4.94. The maximum absolute atomic E-state index is 13.2. The van der Waals surface area contributed by atoms with Crippen LogP contribution in [0, 0.1) is 5.82 Å². The SMILES string of the molecule is CCN(CC)C(=O)CN(C)CC(=O)N[C@@H](c1ccc(F)cc1)c1cccs1. The van der Waals surface area contributed by atoms with E-state index in [-0.39, 0.29) is 36.8 Å². The number of benzene rings is 1. The van der Waals surface area contributed by atoms with Crippen molar-refractivity contribution >= 4 is 23.2 Å². The van der Waals surface area contributed by atoms with Crippen molar-refractivity contribution in [3.63, 3.8) is 0 Å². The molecule has 1 N–H and O–H groups in total. The number of amides is 2. The molecule has 0 aliphatic heterocycles. The van der Waals surface area contributed by atoms with Gasteiger partial charge in [0.2, 0.25) is 11.8 Å². The molecule has 5 nitrogen and oxygen atoms in total. The summed E-state index contributed by atoms with van der Waals surface area (Å²) in [7, 11) is 1.75. The van der Waals surface area contributed by atoms with Crippen LogP contribution < -0.4 is 5.32 Å². The first-order chi connectivity index (χ1) is 12.9. The first-order valence-electron chi connectivity index (χ1n) is 8.99. The van der Waals surface area contributed by atoms with Gasteiger partial charge in [-0.05, 0) is 50.0 Å². The summed E-state index contributed by atoms with van der Waals surface area (Å²) in [6.45, 7) is 5.47. The van der Waals surface area contributed by atoms with Crippen molar-refractivity contribution in [3.05, 3.63) is 58.0 Å². The Labute approximate surface area is 163 Å². The van der Waals surface area contributed by atoms with Crippen LogP contribution in [0.5, 0.6) is 0 Å². The smallest absolute Gasteiger partial charge is 0.236 e. The maximum atomic E-state index is 13.2. The molecular weight excluding hydrogens is 365 g/mol. The third-order valence-electron chi connectivity index (χ3n) is 4.27. The topological polar surface area (TPSA) is 52.7 Å². The number of carbonyl (C=O) groups excluding carboxylic acids is 2. The van der Waals surface area contributed by atoms with E-state index in [1.165, 1.54) is 23.5 Å². The molecule has 1 heterocycles. The largest absolute Gasteiger partial charge is 0.343 e. The predicted octanol–water partition coefficient (Wildman–Crippen LogP) is 2.89. The molecule has 2 rings (SSSR count). The van der Waals surface area contributed by atoms with Crippen LogP contribution in [-0.4, -0.2) is 54.8 Å². The third-order valence-corrected chi connectivity index (χ3v) is 5.21. The summed E-state index contributed by atoms with van der Waals surface area (Å²) >= 11 is 1.53. The standard InChI is InChI=1S/C20H26FN3O2S/c1-4-24(5-2)19(26)14-23(3)13-18(25)22-20(17-7-6-12-27-17)15-8-10-16(21)11-9-15/h6-12,20H,4-5,13-14H2,1-3H3,(H,22,25)/t20-/m0/s1. The van der Waals surface area contributed by atoms with Crippen LogP contribution in [-0.2, 0) is 9.59 Å². The highest BCUT2D eigenvalue weighted by Crippen LogP contribution is 2.26. The van der Waals surface area contributed by atoms with Crippen LogP contribution in [0.4, 0.5) is 4.39 Å². The number of carbonyl (C=O) groups is 2. The van der Waals surface area contributed by atoms with Crippen LogP contribution in [0.2, 0.25) is 0 Å². The van der Waals surface area contributed by atoms with Crippen molar-refractivity contribution in [1.29, 1.82) is 0 Å². The fourth-order valence-corrected chi connectivity index (χ4v) is 3.65. The van der Waals surface area contributed by atoms with Gasteiger partial charge in [0.15, 0.2) is 0 Å². The summed E-state index contributed by atoms with van der Waals surface area (Å²) in [6.07, 6.45) is 0. The number of thiophene rings is 1. The number of rotatable bonds is 9. The van der Waals surface area contributed by atoms with E-state index in [4.69, 9.17) is 0 Å². The molecule has 1 aromatic heterocycles. The van der Waals surface area contributed by atoms with Crippen LogP contribution in [0.1, 0.15) is 30.3 Å². The lowest BCUT2D eigenvalue weighted by Gasteiger charge is -2.24. The molecule has 2 aromatic rings. The maximum Gasteiger partial charge on any atom is 0.236 e. The van der Waals surface area contributed by atoms with Gasteiger partial charge in [-0.2, -0.15) is 0 Å². The minimum absolute atomic E-state index is 0.00337. The molecule has 146 valence electrons. The van der Waals surface area contributed by atoms with E-state index >= 15 is 0 Å². The highest BCUT2D eigenvalue weighted by atomic mass is 32.1. The molecule has 0 saturated carbocycles. The van der Waals surface area contributed by atoms with Gasteiger partial charge in [-0.3, -0.25) is 14.5 Å². The number of likely N-dealkylation sites (N-methyl/N-ethyl adjacent to an activating group) is 2. The molecule has 0 spiro atoms. The Kier molecular flexibility index (Phi) is 7.94.